The van der Waals surface area contributed by atoms with Crippen molar-refractivity contribution in [1.29, 1.82) is 0 Å². The second-order valence-corrected chi connectivity index (χ2v) is 7.39. The minimum atomic E-state index is -3.61. The van der Waals surface area contributed by atoms with Crippen molar-refractivity contribution in [2.24, 2.45) is 0 Å². The number of hydrogen-bond donors (Lipinski definition) is 0. The summed E-state index contributed by atoms with van der Waals surface area (Å²) in [5.41, 5.74) is 0.886. The molecule has 0 bridgehead atoms. The van der Waals surface area contributed by atoms with Crippen LogP contribution in [0.4, 0.5) is 0 Å². The van der Waals surface area contributed by atoms with Gasteiger partial charge in [-0.2, -0.15) is 0 Å². The Kier molecular flexibility index (Phi) is 14.7. The van der Waals surface area contributed by atoms with Crippen LogP contribution in [-0.2, 0) is 25.8 Å². The van der Waals surface area contributed by atoms with E-state index in [0.29, 0.717) is 0 Å². The molecule has 0 fully saturated rings. The van der Waals surface area contributed by atoms with Gasteiger partial charge in [0.1, 0.15) is 0 Å². The molecular formula is C10H13ClNa2O5S2. The standard InChI is InChI=1S/C10H13ClO2S.2Na.H2O3S/c1-10(2,3)8-5-4-6-9(7-8)14(11,12)13;;;1-4(2)3/h4-7H,1-3H3;;;(H2,1,2,3)/q;2*+1;/p-2. The molecule has 0 N–H and O–H groups in total. The van der Waals surface area contributed by atoms with Crippen molar-refractivity contribution in [2.45, 2.75) is 31.1 Å². The van der Waals surface area contributed by atoms with E-state index in [4.69, 9.17) is 24.0 Å². The Labute approximate surface area is 171 Å². The molecule has 5 nitrogen and oxygen atoms in total. The van der Waals surface area contributed by atoms with E-state index in [9.17, 15) is 8.42 Å². The molecule has 10 heteroatoms. The first-order valence-electron chi connectivity index (χ1n) is 4.76. The summed E-state index contributed by atoms with van der Waals surface area (Å²) in [5, 5.41) is 0. The van der Waals surface area contributed by atoms with Gasteiger partial charge in [0.15, 0.2) is 0 Å². The van der Waals surface area contributed by atoms with Gasteiger partial charge in [0, 0.05) is 10.7 Å². The minimum Gasteiger partial charge on any atom is -0.784 e. The molecule has 0 saturated carbocycles. The Hall–Kier alpha value is 1.53. The van der Waals surface area contributed by atoms with Crippen molar-refractivity contribution in [3.63, 3.8) is 0 Å². The smallest absolute Gasteiger partial charge is 0.784 e. The Morgan fingerprint density at radius 2 is 1.55 bits per heavy atom. The Morgan fingerprint density at radius 1 is 1.15 bits per heavy atom. The van der Waals surface area contributed by atoms with E-state index < -0.39 is 20.4 Å². The van der Waals surface area contributed by atoms with Crippen LogP contribution in [0.1, 0.15) is 26.3 Å². The third-order valence-electron chi connectivity index (χ3n) is 1.98. The number of benzene rings is 1. The summed E-state index contributed by atoms with van der Waals surface area (Å²) in [5.74, 6) is 0. The van der Waals surface area contributed by atoms with Gasteiger partial charge in [-0.05, 0) is 23.1 Å². The first kappa shape index (κ1) is 26.4. The summed E-state index contributed by atoms with van der Waals surface area (Å²) in [7, 11) is 1.64. The summed E-state index contributed by atoms with van der Waals surface area (Å²) >= 11 is -3.11. The molecule has 0 aliphatic rings. The zero-order valence-corrected chi connectivity index (χ0v) is 18.4. The molecule has 1 aromatic carbocycles. The predicted molar refractivity (Wildman–Crippen MR) is 67.9 cm³/mol. The van der Waals surface area contributed by atoms with Gasteiger partial charge in [0.2, 0.25) is 0 Å². The zero-order valence-electron chi connectivity index (χ0n) is 12.0. The van der Waals surface area contributed by atoms with Crippen LogP contribution in [0.2, 0.25) is 0 Å². The van der Waals surface area contributed by atoms with E-state index in [1.165, 1.54) is 6.07 Å². The van der Waals surface area contributed by atoms with E-state index >= 15 is 0 Å². The van der Waals surface area contributed by atoms with Crippen LogP contribution in [0.3, 0.4) is 0 Å². The second kappa shape index (κ2) is 11.1. The molecule has 1 rings (SSSR count). The summed E-state index contributed by atoms with van der Waals surface area (Å²) in [6.45, 7) is 6.06. The monoisotopic (exact) mass is 358 g/mol. The third-order valence-corrected chi connectivity index (χ3v) is 3.33. The summed E-state index contributed by atoms with van der Waals surface area (Å²) in [6.07, 6.45) is 0. The third kappa shape index (κ3) is 12.1. The molecule has 0 radical (unpaired) electrons. The molecule has 0 saturated heterocycles. The summed E-state index contributed by atoms with van der Waals surface area (Å²) in [6, 6.07) is 6.71. The van der Waals surface area contributed by atoms with Gasteiger partial charge in [-0.3, -0.25) is 4.21 Å². The molecule has 1 aromatic rings. The molecule has 0 aliphatic carbocycles. The zero-order chi connectivity index (χ0) is 14.6. The molecule has 0 amide bonds. The number of halogens is 1. The van der Waals surface area contributed by atoms with Crippen LogP contribution in [0.15, 0.2) is 29.2 Å². The first-order valence-corrected chi connectivity index (χ1v) is 8.07. The van der Waals surface area contributed by atoms with Crippen molar-refractivity contribution < 1.29 is 80.8 Å². The van der Waals surface area contributed by atoms with Crippen LogP contribution in [0.25, 0.3) is 0 Å². The van der Waals surface area contributed by atoms with E-state index in [1.807, 2.05) is 26.8 Å². The van der Waals surface area contributed by atoms with Crippen LogP contribution < -0.4 is 59.1 Å². The van der Waals surface area contributed by atoms with Crippen LogP contribution in [0.5, 0.6) is 0 Å². The van der Waals surface area contributed by atoms with Gasteiger partial charge in [-0.25, -0.2) is 8.42 Å². The van der Waals surface area contributed by atoms with Gasteiger partial charge in [0.25, 0.3) is 9.05 Å². The average Bonchev–Trinajstić information content (AvgIpc) is 2.14. The van der Waals surface area contributed by atoms with Gasteiger partial charge in [-0.1, -0.05) is 32.9 Å². The fourth-order valence-corrected chi connectivity index (χ4v) is 1.91. The molecule has 0 aromatic heterocycles. The van der Waals surface area contributed by atoms with E-state index in [-0.39, 0.29) is 69.4 Å². The second-order valence-electron chi connectivity index (χ2n) is 4.42. The summed E-state index contributed by atoms with van der Waals surface area (Å²) < 4.78 is 47.5. The van der Waals surface area contributed by atoms with Crippen molar-refractivity contribution in [2.75, 3.05) is 0 Å². The molecule has 20 heavy (non-hydrogen) atoms. The topological polar surface area (TPSA) is 97.3 Å². The van der Waals surface area contributed by atoms with E-state index in [1.54, 1.807) is 12.1 Å². The van der Waals surface area contributed by atoms with Crippen molar-refractivity contribution >= 4 is 31.1 Å². The average molecular weight is 359 g/mol. The molecule has 0 aliphatic heterocycles. The minimum absolute atomic E-state index is 0. The van der Waals surface area contributed by atoms with Crippen LogP contribution >= 0.6 is 10.7 Å². The van der Waals surface area contributed by atoms with Gasteiger partial charge in [0.05, 0.1) is 4.90 Å². The summed E-state index contributed by atoms with van der Waals surface area (Å²) in [4.78, 5) is 0.159. The van der Waals surface area contributed by atoms with Crippen molar-refractivity contribution in [3.05, 3.63) is 29.8 Å². The largest absolute Gasteiger partial charge is 1.00 e. The maximum absolute atomic E-state index is 11.1. The molecule has 0 unspecified atom stereocenters. The fourth-order valence-electron chi connectivity index (χ4n) is 1.11. The first-order chi connectivity index (χ1) is 7.94. The van der Waals surface area contributed by atoms with Crippen LogP contribution in [0, 0.1) is 0 Å². The molecule has 0 spiro atoms. The van der Waals surface area contributed by atoms with E-state index in [2.05, 4.69) is 0 Å². The fraction of sp³-hybridized carbons (Fsp3) is 0.400. The number of hydrogen-bond acceptors (Lipinski definition) is 5. The Balaban J connectivity index is -0.000000429. The van der Waals surface area contributed by atoms with Gasteiger partial charge < -0.3 is 9.11 Å². The molecule has 0 atom stereocenters. The SMILES string of the molecule is CC(C)(C)c1cccc(S(=O)(=O)Cl)c1.O=S([O-])[O-].[Na+].[Na+]. The maximum atomic E-state index is 11.1. The molecule has 0 heterocycles. The van der Waals surface area contributed by atoms with Crippen molar-refractivity contribution in [3.8, 4) is 0 Å². The van der Waals surface area contributed by atoms with Gasteiger partial charge in [-0.15, -0.1) is 11.4 Å². The van der Waals surface area contributed by atoms with Crippen LogP contribution in [-0.4, -0.2) is 21.7 Å². The number of rotatable bonds is 1. The molecular weight excluding hydrogens is 346 g/mol. The molecule has 104 valence electrons. The normalized spacial score (nSPS) is 10.8. The van der Waals surface area contributed by atoms with Gasteiger partial charge >= 0.3 is 59.1 Å². The predicted octanol–water partition coefficient (Wildman–Crippen LogP) is -4.08. The Bertz CT molecular complexity index is 525. The van der Waals surface area contributed by atoms with Crippen molar-refractivity contribution in [1.82, 2.24) is 0 Å². The Morgan fingerprint density at radius 3 is 1.85 bits per heavy atom. The maximum Gasteiger partial charge on any atom is 1.00 e. The van der Waals surface area contributed by atoms with E-state index in [0.717, 1.165) is 5.56 Å². The quantitative estimate of drug-likeness (QED) is 0.289.